The molecule has 0 spiro atoms. The molecule has 0 amide bonds. The molecule has 0 unspecified atom stereocenters. The van der Waals surface area contributed by atoms with E-state index in [4.69, 9.17) is 0 Å². The third-order valence-electron chi connectivity index (χ3n) is 4.30. The van der Waals surface area contributed by atoms with E-state index < -0.39 is 0 Å². The van der Waals surface area contributed by atoms with Gasteiger partial charge in [0.2, 0.25) is 5.95 Å². The van der Waals surface area contributed by atoms with E-state index in [2.05, 4.69) is 82.3 Å². The molecular formula is C21H29N5. The Labute approximate surface area is 156 Å². The molecule has 5 nitrogen and oxygen atoms in total. The molecule has 3 rings (SSSR count). The molecule has 0 bridgehead atoms. The van der Waals surface area contributed by atoms with Gasteiger partial charge in [0, 0.05) is 44.5 Å². The fraction of sp³-hybridized carbons (Fsp3) is 0.429. The maximum atomic E-state index is 4.68. The van der Waals surface area contributed by atoms with Crippen LogP contribution in [0.4, 0.5) is 11.8 Å². The van der Waals surface area contributed by atoms with Crippen molar-refractivity contribution in [3.63, 3.8) is 0 Å². The third-order valence-corrected chi connectivity index (χ3v) is 4.30. The van der Waals surface area contributed by atoms with E-state index in [1.165, 1.54) is 5.56 Å². The van der Waals surface area contributed by atoms with Gasteiger partial charge in [0.1, 0.15) is 5.82 Å². The van der Waals surface area contributed by atoms with Crippen LogP contribution in [0.1, 0.15) is 26.3 Å². The number of rotatable bonds is 5. The van der Waals surface area contributed by atoms with E-state index in [-0.39, 0.29) is 5.54 Å². The first-order chi connectivity index (χ1) is 12.5. The molecule has 1 aromatic heterocycles. The molecule has 1 aliphatic rings. The lowest BCUT2D eigenvalue weighted by atomic mass is 10.1. The molecule has 1 aromatic carbocycles. The molecule has 0 atom stereocenters. The van der Waals surface area contributed by atoms with Gasteiger partial charge in [-0.25, -0.2) is 4.98 Å². The zero-order chi connectivity index (χ0) is 18.4. The Balaban J connectivity index is 1.51. The van der Waals surface area contributed by atoms with Crippen LogP contribution < -0.4 is 10.2 Å². The van der Waals surface area contributed by atoms with E-state index >= 15 is 0 Å². The average Bonchev–Trinajstić information content (AvgIpc) is 2.62. The number of nitrogens with zero attached hydrogens (tertiary/aromatic N) is 4. The van der Waals surface area contributed by atoms with Crippen molar-refractivity contribution in [2.45, 2.75) is 26.3 Å². The van der Waals surface area contributed by atoms with Crippen molar-refractivity contribution < 1.29 is 0 Å². The van der Waals surface area contributed by atoms with Gasteiger partial charge in [0.25, 0.3) is 0 Å². The largest absolute Gasteiger partial charge is 0.354 e. The van der Waals surface area contributed by atoms with E-state index in [1.807, 2.05) is 18.3 Å². The fourth-order valence-electron chi connectivity index (χ4n) is 2.98. The van der Waals surface area contributed by atoms with Crippen molar-refractivity contribution in [3.8, 4) is 0 Å². The topological polar surface area (TPSA) is 44.3 Å². The molecule has 0 radical (unpaired) electrons. The van der Waals surface area contributed by atoms with E-state index in [1.54, 1.807) is 0 Å². The van der Waals surface area contributed by atoms with Gasteiger partial charge >= 0.3 is 0 Å². The van der Waals surface area contributed by atoms with Crippen LogP contribution >= 0.6 is 0 Å². The lowest BCUT2D eigenvalue weighted by Crippen LogP contribution is -2.46. The summed E-state index contributed by atoms with van der Waals surface area (Å²) in [4.78, 5) is 13.8. The van der Waals surface area contributed by atoms with Crippen molar-refractivity contribution in [3.05, 3.63) is 54.2 Å². The summed E-state index contributed by atoms with van der Waals surface area (Å²) in [6.45, 7) is 11.4. The first-order valence-corrected chi connectivity index (χ1v) is 9.30. The van der Waals surface area contributed by atoms with Gasteiger partial charge in [-0.15, -0.1) is 0 Å². The summed E-state index contributed by atoms with van der Waals surface area (Å²) >= 11 is 0. The predicted octanol–water partition coefficient (Wildman–Crippen LogP) is 3.52. The Bertz CT molecular complexity index is 713. The van der Waals surface area contributed by atoms with Crippen molar-refractivity contribution in [2.75, 3.05) is 42.9 Å². The first kappa shape index (κ1) is 18.4. The minimum Gasteiger partial charge on any atom is -0.354 e. The zero-order valence-corrected chi connectivity index (χ0v) is 16.0. The van der Waals surface area contributed by atoms with Gasteiger partial charge in [-0.2, -0.15) is 4.98 Å². The minimum atomic E-state index is -0.0393. The SMILES string of the molecule is CC(C)(C)Nc1nccc(N2CCN(C/C=C/c3ccccc3)CC2)n1. The standard InChI is InChI=1S/C21H29N5/c1-21(2,3)24-20-22-12-11-19(23-20)26-16-14-25(15-17-26)13-7-10-18-8-5-4-6-9-18/h4-12H,13-17H2,1-3H3,(H,22,23,24)/b10-7+. The second kappa shape index (κ2) is 8.32. The van der Waals surface area contributed by atoms with Crippen LogP contribution in [0.3, 0.4) is 0 Å². The molecule has 138 valence electrons. The lowest BCUT2D eigenvalue weighted by molar-refractivity contribution is 0.283. The fourth-order valence-corrected chi connectivity index (χ4v) is 2.98. The Morgan fingerprint density at radius 3 is 2.46 bits per heavy atom. The van der Waals surface area contributed by atoms with Crippen LogP contribution in [0, 0.1) is 0 Å². The molecule has 5 heteroatoms. The van der Waals surface area contributed by atoms with Gasteiger partial charge in [-0.1, -0.05) is 42.5 Å². The monoisotopic (exact) mass is 351 g/mol. The van der Waals surface area contributed by atoms with Crippen LogP contribution in [0.2, 0.25) is 0 Å². The van der Waals surface area contributed by atoms with Gasteiger partial charge < -0.3 is 10.2 Å². The van der Waals surface area contributed by atoms with Crippen LogP contribution in [0.5, 0.6) is 0 Å². The number of benzene rings is 1. The summed E-state index contributed by atoms with van der Waals surface area (Å²) in [6, 6.07) is 12.5. The highest BCUT2D eigenvalue weighted by molar-refractivity contribution is 5.49. The molecule has 26 heavy (non-hydrogen) atoms. The Morgan fingerprint density at radius 2 is 1.77 bits per heavy atom. The number of nitrogens with one attached hydrogen (secondary N) is 1. The summed E-state index contributed by atoms with van der Waals surface area (Å²) in [7, 11) is 0. The summed E-state index contributed by atoms with van der Waals surface area (Å²) in [5.41, 5.74) is 1.22. The van der Waals surface area contributed by atoms with Gasteiger partial charge in [-0.05, 0) is 32.4 Å². The highest BCUT2D eigenvalue weighted by Crippen LogP contribution is 2.17. The average molecular weight is 351 g/mol. The number of piperazine rings is 1. The second-order valence-corrected chi connectivity index (χ2v) is 7.71. The van der Waals surface area contributed by atoms with E-state index in [9.17, 15) is 0 Å². The van der Waals surface area contributed by atoms with Crippen molar-refractivity contribution in [1.29, 1.82) is 0 Å². The Kier molecular flexibility index (Phi) is 5.89. The van der Waals surface area contributed by atoms with Crippen LogP contribution in [-0.2, 0) is 0 Å². The Morgan fingerprint density at radius 1 is 1.04 bits per heavy atom. The van der Waals surface area contributed by atoms with Crippen molar-refractivity contribution in [2.24, 2.45) is 0 Å². The second-order valence-electron chi connectivity index (χ2n) is 7.71. The molecule has 0 saturated carbocycles. The van der Waals surface area contributed by atoms with Crippen molar-refractivity contribution >= 4 is 17.8 Å². The highest BCUT2D eigenvalue weighted by Gasteiger charge is 2.18. The highest BCUT2D eigenvalue weighted by atomic mass is 15.3. The summed E-state index contributed by atoms with van der Waals surface area (Å²) in [5, 5.41) is 3.34. The lowest BCUT2D eigenvalue weighted by Gasteiger charge is -2.35. The molecule has 0 aliphatic carbocycles. The van der Waals surface area contributed by atoms with Crippen molar-refractivity contribution in [1.82, 2.24) is 14.9 Å². The van der Waals surface area contributed by atoms with Gasteiger partial charge in [-0.3, -0.25) is 4.90 Å². The number of hydrogen-bond acceptors (Lipinski definition) is 5. The molecule has 1 saturated heterocycles. The van der Waals surface area contributed by atoms with Crippen LogP contribution in [0.25, 0.3) is 6.08 Å². The first-order valence-electron chi connectivity index (χ1n) is 9.30. The molecule has 2 heterocycles. The Hall–Kier alpha value is -2.40. The van der Waals surface area contributed by atoms with Crippen LogP contribution in [-0.4, -0.2) is 53.1 Å². The minimum absolute atomic E-state index is 0.0393. The summed E-state index contributed by atoms with van der Waals surface area (Å²) < 4.78 is 0. The normalized spacial score (nSPS) is 16.2. The van der Waals surface area contributed by atoms with Gasteiger partial charge in [0.05, 0.1) is 0 Å². The quantitative estimate of drug-likeness (QED) is 0.893. The van der Waals surface area contributed by atoms with E-state index in [0.717, 1.165) is 38.5 Å². The molecule has 2 aromatic rings. The third kappa shape index (κ3) is 5.56. The summed E-state index contributed by atoms with van der Waals surface area (Å²) in [6.07, 6.45) is 6.29. The maximum Gasteiger partial charge on any atom is 0.225 e. The molecule has 1 N–H and O–H groups in total. The van der Waals surface area contributed by atoms with Crippen LogP contribution in [0.15, 0.2) is 48.7 Å². The molecule has 1 fully saturated rings. The van der Waals surface area contributed by atoms with Gasteiger partial charge in [0.15, 0.2) is 0 Å². The zero-order valence-electron chi connectivity index (χ0n) is 16.0. The predicted molar refractivity (Wildman–Crippen MR) is 110 cm³/mol. The smallest absolute Gasteiger partial charge is 0.225 e. The molecule has 1 aliphatic heterocycles. The molecular weight excluding hydrogens is 322 g/mol. The number of aromatic nitrogens is 2. The summed E-state index contributed by atoms with van der Waals surface area (Å²) in [5.74, 6) is 1.70. The van der Waals surface area contributed by atoms with E-state index in [0.29, 0.717) is 5.95 Å². The number of hydrogen-bond donors (Lipinski definition) is 1. The number of anilines is 2. The maximum absolute atomic E-state index is 4.68.